The van der Waals surface area contributed by atoms with Crippen LogP contribution in [0.4, 0.5) is 0 Å². The summed E-state index contributed by atoms with van der Waals surface area (Å²) in [7, 11) is 0. The lowest BCUT2D eigenvalue weighted by Gasteiger charge is -2.24. The third-order valence-corrected chi connectivity index (χ3v) is 24.4. The number of fused-ring (bicyclic) bond motifs is 29. The van der Waals surface area contributed by atoms with E-state index >= 15 is 0 Å². The lowest BCUT2D eigenvalue weighted by molar-refractivity contribution is 0.657. The molecule has 2 aliphatic rings. The van der Waals surface area contributed by atoms with Gasteiger partial charge in [-0.25, -0.2) is 19.9 Å². The highest BCUT2D eigenvalue weighted by atomic mass is 15.2. The maximum atomic E-state index is 5.97. The van der Waals surface area contributed by atoms with Crippen molar-refractivity contribution in [2.45, 2.75) is 32.1 Å². The van der Waals surface area contributed by atoms with E-state index in [2.05, 4.69) is 351 Å². The predicted octanol–water partition coefficient (Wildman–Crippen LogP) is 26.9. The van der Waals surface area contributed by atoms with Crippen molar-refractivity contribution in [3.05, 3.63) is 344 Å². The Hall–Kier alpha value is -13.9. The van der Waals surface area contributed by atoms with Crippen molar-refractivity contribution in [1.29, 1.82) is 0 Å². The van der Waals surface area contributed by atoms with Gasteiger partial charge in [0.25, 0.3) is 0 Å². The summed E-state index contributed by atoms with van der Waals surface area (Å²) in [5.74, 6) is 1.28. The van der Waals surface area contributed by atoms with E-state index in [0.29, 0.717) is 11.9 Å². The minimum absolute atomic E-state index is 0.451. The van der Waals surface area contributed by atoms with Gasteiger partial charge in [0.2, 0.25) is 11.9 Å². The molecule has 6 nitrogen and oxygen atoms in total. The van der Waals surface area contributed by atoms with Gasteiger partial charge in [0.1, 0.15) is 0 Å². The third kappa shape index (κ3) is 8.68. The van der Waals surface area contributed by atoms with Gasteiger partial charge in [-0.1, -0.05) is 281 Å². The van der Waals surface area contributed by atoms with Gasteiger partial charge < -0.3 is 0 Å². The Labute approximate surface area is 626 Å². The normalized spacial score (nSPS) is 13.4. The number of hydrogen-bond donors (Lipinski definition) is 0. The van der Waals surface area contributed by atoms with Gasteiger partial charge in [-0.15, -0.1) is 0 Å². The van der Waals surface area contributed by atoms with Crippen LogP contribution in [0, 0.1) is 0 Å². The van der Waals surface area contributed by atoms with Crippen LogP contribution >= 0.6 is 0 Å². The number of benzene rings is 18. The molecule has 0 saturated heterocycles. The van der Waals surface area contributed by atoms with E-state index in [1.54, 1.807) is 0 Å². The Morgan fingerprint density at radius 3 is 1.42 bits per heavy atom. The molecule has 2 aliphatic carbocycles. The predicted molar refractivity (Wildman–Crippen MR) is 458 cm³/mol. The number of aryl methyl sites for hydroxylation is 1. The molecule has 24 rings (SSSR count). The molecule has 0 amide bonds. The highest BCUT2D eigenvalue weighted by molar-refractivity contribution is 6.37. The van der Waals surface area contributed by atoms with Crippen LogP contribution < -0.4 is 0 Å². The van der Waals surface area contributed by atoms with Crippen molar-refractivity contribution < 1.29 is 0 Å². The minimum Gasteiger partial charge on any atom is -0.278 e. The minimum atomic E-state index is -0.451. The van der Waals surface area contributed by atoms with Crippen LogP contribution in [0.1, 0.15) is 42.5 Å². The fourth-order valence-corrected chi connectivity index (χ4v) is 19.4. The Morgan fingerprint density at radius 1 is 0.284 bits per heavy atom. The summed E-state index contributed by atoms with van der Waals surface area (Å²) in [6, 6.07) is 117. The first kappa shape index (κ1) is 60.3. The van der Waals surface area contributed by atoms with Gasteiger partial charge in [0.05, 0.1) is 44.7 Å². The molecule has 0 fully saturated rings. The number of allylic oxidation sites excluding steroid dienone is 1. The Bertz CT molecular complexity index is 7810. The molecule has 0 N–H and O–H groups in total. The number of hydrogen-bond acceptors (Lipinski definition) is 4. The van der Waals surface area contributed by atoms with Crippen LogP contribution in [-0.4, -0.2) is 29.1 Å². The van der Waals surface area contributed by atoms with Gasteiger partial charge >= 0.3 is 0 Å². The molecular formula is C103H64N6. The third-order valence-electron chi connectivity index (χ3n) is 24.4. The molecule has 0 unspecified atom stereocenters. The lowest BCUT2D eigenvalue weighted by atomic mass is 9.80. The van der Waals surface area contributed by atoms with Gasteiger partial charge in [-0.3, -0.25) is 9.13 Å². The molecule has 18 aromatic carbocycles. The number of aromatic nitrogens is 6. The summed E-state index contributed by atoms with van der Waals surface area (Å²) >= 11 is 0. The van der Waals surface area contributed by atoms with Crippen LogP contribution in [0.15, 0.2) is 322 Å². The average molecular weight is 1390 g/mol. The molecule has 506 valence electrons. The lowest BCUT2D eigenvalue weighted by Crippen LogP contribution is -2.18. The van der Waals surface area contributed by atoms with Gasteiger partial charge in [0, 0.05) is 65.4 Å². The van der Waals surface area contributed by atoms with E-state index in [-0.39, 0.29) is 0 Å². The first-order valence-corrected chi connectivity index (χ1v) is 38.0. The number of nitrogens with zero attached hydrogens (tertiary/aromatic N) is 6. The summed E-state index contributed by atoms with van der Waals surface area (Å²) in [6.45, 7) is 4.72. The van der Waals surface area contributed by atoms with Crippen molar-refractivity contribution in [3.63, 3.8) is 0 Å². The molecule has 0 bridgehead atoms. The maximum Gasteiger partial charge on any atom is 0.235 e. The van der Waals surface area contributed by atoms with Crippen molar-refractivity contribution >= 4 is 158 Å². The maximum absolute atomic E-state index is 5.97. The van der Waals surface area contributed by atoms with E-state index < -0.39 is 5.41 Å². The zero-order chi connectivity index (χ0) is 71.5. The largest absolute Gasteiger partial charge is 0.278 e. The van der Waals surface area contributed by atoms with E-state index in [1.807, 2.05) is 0 Å². The first-order chi connectivity index (χ1) is 53.8. The summed E-state index contributed by atoms with van der Waals surface area (Å²) in [4.78, 5) is 23.3. The standard InChI is InChI=1S/C103H64N6/c1-103(2)86-48-44-70(54-83(86)100-97(103)99(71-43-40-59-20-3-4-22-63(59)53-71)106-102(107-100)109-89-51-47-82-78-35-14-12-31-74(78)76-33-16-18-37-80(76)93(82)96(89)85-56-67-24-6-8-26-69(67)58-91(85)109)65-28-19-27-64(52-65)60-38-41-62(42-39-60)98-94-72-29-10-9-21-61(72)45-49-87(94)104-101(105-98)108-88-50-46-81-77-34-13-11-30-73(77)75-32-15-17-36-79(75)92(81)95(88)84-55-66-23-5-7-25-68(66)57-90(84)108/h3-5,7-23,25-58H,6,24H2,1-2H3. The van der Waals surface area contributed by atoms with E-state index in [0.717, 1.165) is 124 Å². The SMILES string of the molecule is CC1(C)c2ccc(-c3cccc(-c4ccc(-c5nc(-n6c7cc8ccccc8cc7c7c8c9ccccc9c9ccccc9c8ccc76)nc6ccc7ccccc7c56)cc4)c3)cc2-c2nc(-n3c4cc5c(cc4c4c6c7ccccc7c7ccccc7c6ccc43)CCC=C5)nc(-c3ccc4ccccc4c3)c21. The molecule has 0 atom stereocenters. The molecule has 0 aliphatic heterocycles. The second-order valence-electron chi connectivity index (χ2n) is 30.6. The topological polar surface area (TPSA) is 61.4 Å². The fourth-order valence-electron chi connectivity index (χ4n) is 19.4. The highest BCUT2D eigenvalue weighted by Gasteiger charge is 2.41. The van der Waals surface area contributed by atoms with Crippen LogP contribution in [0.5, 0.6) is 0 Å². The first-order valence-electron chi connectivity index (χ1n) is 38.0. The van der Waals surface area contributed by atoms with Gasteiger partial charge in [-0.2, -0.15) is 0 Å². The summed E-state index contributed by atoms with van der Waals surface area (Å²) < 4.78 is 4.71. The van der Waals surface area contributed by atoms with Crippen molar-refractivity contribution in [2.24, 2.45) is 0 Å². The van der Waals surface area contributed by atoms with Crippen molar-refractivity contribution in [1.82, 2.24) is 29.1 Å². The summed E-state index contributed by atoms with van der Waals surface area (Å²) in [5, 5.41) is 27.8. The van der Waals surface area contributed by atoms with Gasteiger partial charge in [-0.05, 0) is 199 Å². The van der Waals surface area contributed by atoms with Crippen LogP contribution in [0.3, 0.4) is 0 Å². The second kappa shape index (κ2) is 22.6. The van der Waals surface area contributed by atoms with Crippen LogP contribution in [0.2, 0.25) is 0 Å². The Kier molecular flexibility index (Phi) is 12.5. The van der Waals surface area contributed by atoms with E-state index in [1.165, 1.54) is 119 Å². The van der Waals surface area contributed by atoms with E-state index in [4.69, 9.17) is 19.9 Å². The zero-order valence-electron chi connectivity index (χ0n) is 59.8. The van der Waals surface area contributed by atoms with Gasteiger partial charge in [0.15, 0.2) is 0 Å². The number of rotatable bonds is 6. The monoisotopic (exact) mass is 1380 g/mol. The van der Waals surface area contributed by atoms with Crippen molar-refractivity contribution in [2.75, 3.05) is 0 Å². The molecule has 0 spiro atoms. The molecule has 22 aromatic rings. The Balaban J connectivity index is 0.667. The van der Waals surface area contributed by atoms with Crippen molar-refractivity contribution in [3.8, 4) is 67.9 Å². The highest BCUT2D eigenvalue weighted by Crippen LogP contribution is 2.54. The molecule has 6 heteroatoms. The Morgan fingerprint density at radius 2 is 0.761 bits per heavy atom. The molecule has 109 heavy (non-hydrogen) atoms. The fraction of sp³-hybridized carbons (Fsp3) is 0.0485. The summed E-state index contributed by atoms with van der Waals surface area (Å²) in [6.07, 6.45) is 6.64. The molecule has 4 heterocycles. The molecule has 0 saturated carbocycles. The van der Waals surface area contributed by atoms with Crippen LogP contribution in [-0.2, 0) is 11.8 Å². The second-order valence-corrected chi connectivity index (χ2v) is 30.6. The van der Waals surface area contributed by atoms with Crippen LogP contribution in [0.25, 0.3) is 225 Å². The average Bonchev–Trinajstić information content (AvgIpc) is 1.55. The molecule has 0 radical (unpaired) electrons. The molecular weight excluding hydrogens is 1320 g/mol. The molecule has 4 aromatic heterocycles. The zero-order valence-corrected chi connectivity index (χ0v) is 59.8. The quantitative estimate of drug-likeness (QED) is 0.156. The smallest absolute Gasteiger partial charge is 0.235 e. The van der Waals surface area contributed by atoms with E-state index in [9.17, 15) is 0 Å². The summed E-state index contributed by atoms with van der Waals surface area (Å²) in [5.41, 5.74) is 20.2.